The molecule has 2 unspecified atom stereocenters. The van der Waals surface area contributed by atoms with Crippen LogP contribution < -0.4 is 9.64 Å². The average Bonchev–Trinajstić information content (AvgIpc) is 3.26. The smallest absolute Gasteiger partial charge is 0.319 e. The number of pyridine rings is 1. The van der Waals surface area contributed by atoms with Crippen LogP contribution in [0.1, 0.15) is 32.1 Å². The van der Waals surface area contributed by atoms with Gasteiger partial charge >= 0.3 is 6.01 Å². The van der Waals surface area contributed by atoms with Crippen LogP contribution in [0, 0.1) is 17.7 Å². The summed E-state index contributed by atoms with van der Waals surface area (Å²) >= 11 is 1.93. The third kappa shape index (κ3) is 4.25. The molecule has 2 bridgehead atoms. The maximum atomic E-state index is 16.4. The van der Waals surface area contributed by atoms with Crippen molar-refractivity contribution in [2.45, 2.75) is 38.2 Å². The number of aromatic hydroxyl groups is 1. The van der Waals surface area contributed by atoms with E-state index < -0.39 is 5.82 Å². The molecule has 37 heavy (non-hydrogen) atoms. The van der Waals surface area contributed by atoms with Crippen LogP contribution in [-0.2, 0) is 0 Å². The molecule has 1 aliphatic carbocycles. The van der Waals surface area contributed by atoms with Gasteiger partial charge in [0.1, 0.15) is 28.9 Å². The summed E-state index contributed by atoms with van der Waals surface area (Å²) in [6.45, 7) is 1.84. The quantitative estimate of drug-likeness (QED) is 0.346. The second-order valence-electron chi connectivity index (χ2n) is 10.6. The fourth-order valence-electron chi connectivity index (χ4n) is 6.32. The van der Waals surface area contributed by atoms with Crippen molar-refractivity contribution in [3.63, 3.8) is 0 Å². The molecule has 0 spiro atoms. The Bertz CT molecular complexity index is 1480. The van der Waals surface area contributed by atoms with E-state index in [1.165, 1.54) is 19.3 Å². The highest BCUT2D eigenvalue weighted by molar-refractivity contribution is 7.99. The molecule has 7 rings (SSSR count). The van der Waals surface area contributed by atoms with Crippen molar-refractivity contribution >= 4 is 39.3 Å². The molecule has 2 aromatic heterocycles. The van der Waals surface area contributed by atoms with Crippen LogP contribution in [0.2, 0.25) is 0 Å². The summed E-state index contributed by atoms with van der Waals surface area (Å²) in [7, 11) is 0. The van der Waals surface area contributed by atoms with Gasteiger partial charge in [0.05, 0.1) is 5.39 Å². The molecular weight excluding hydrogens is 487 g/mol. The Hall–Kier alpha value is -3.13. The van der Waals surface area contributed by atoms with Gasteiger partial charge in [0.15, 0.2) is 5.82 Å². The van der Waals surface area contributed by atoms with E-state index in [2.05, 4.69) is 14.9 Å². The normalized spacial score (nSPS) is 22.1. The van der Waals surface area contributed by atoms with Gasteiger partial charge in [-0.1, -0.05) is 24.3 Å². The second kappa shape index (κ2) is 9.31. The van der Waals surface area contributed by atoms with Gasteiger partial charge < -0.3 is 14.7 Å². The van der Waals surface area contributed by atoms with Crippen LogP contribution in [0.25, 0.3) is 32.9 Å². The lowest BCUT2D eigenvalue weighted by Crippen LogP contribution is -2.37. The number of aromatic nitrogens is 3. The van der Waals surface area contributed by atoms with Crippen molar-refractivity contribution < 1.29 is 14.2 Å². The van der Waals surface area contributed by atoms with Crippen LogP contribution in [0.3, 0.4) is 0 Å². The fraction of sp³-hybridized carbons (Fsp3) is 0.414. The second-order valence-corrected chi connectivity index (χ2v) is 11.8. The van der Waals surface area contributed by atoms with E-state index >= 15 is 4.39 Å². The SMILES string of the molecule is Oc1cc(-c2ncc3c(N4CC5CCC(C5)C4)nc(OC4CCSCC4)nc3c2F)c2ccccc2c1. The van der Waals surface area contributed by atoms with Crippen molar-refractivity contribution in [3.8, 4) is 23.0 Å². The number of fused-ring (bicyclic) bond motifs is 4. The molecule has 3 fully saturated rings. The molecule has 4 aromatic rings. The molecule has 1 saturated carbocycles. The molecule has 1 N–H and O–H groups in total. The average molecular weight is 517 g/mol. The number of nitrogens with zero attached hydrogens (tertiary/aromatic N) is 4. The Morgan fingerprint density at radius 3 is 2.57 bits per heavy atom. The standard InChI is InChI=1S/C29H29FN4O2S/c30-25-26(23-13-20(35)12-19-3-1-2-4-22(19)23)31-14-24-27(25)32-29(36-21-7-9-37-10-8-21)33-28(24)34-15-17-5-6-18(11-17)16-34/h1-4,12-14,17-18,21,35H,5-11,15-16H2. The molecule has 0 amide bonds. The molecule has 2 aliphatic heterocycles. The topological polar surface area (TPSA) is 71.4 Å². The fourth-order valence-corrected chi connectivity index (χ4v) is 7.38. The Labute approximate surface area is 219 Å². The molecule has 190 valence electrons. The molecule has 3 aliphatic rings. The first-order valence-corrected chi connectivity index (χ1v) is 14.4. The van der Waals surface area contributed by atoms with Gasteiger partial charge in [-0.05, 0) is 78.4 Å². The van der Waals surface area contributed by atoms with Crippen LogP contribution in [0.15, 0.2) is 42.6 Å². The van der Waals surface area contributed by atoms with Gasteiger partial charge in [0.2, 0.25) is 0 Å². The molecule has 2 atom stereocenters. The predicted molar refractivity (Wildman–Crippen MR) is 146 cm³/mol. The third-order valence-electron chi connectivity index (χ3n) is 8.09. The monoisotopic (exact) mass is 516 g/mol. The zero-order valence-electron chi connectivity index (χ0n) is 20.6. The maximum Gasteiger partial charge on any atom is 0.319 e. The summed E-state index contributed by atoms with van der Waals surface area (Å²) in [4.78, 5) is 16.4. The van der Waals surface area contributed by atoms with E-state index in [1.54, 1.807) is 18.3 Å². The summed E-state index contributed by atoms with van der Waals surface area (Å²) in [5.74, 6) is 3.68. The van der Waals surface area contributed by atoms with Crippen LogP contribution in [0.5, 0.6) is 11.8 Å². The zero-order valence-corrected chi connectivity index (χ0v) is 21.4. The summed E-state index contributed by atoms with van der Waals surface area (Å²) in [6, 6.07) is 11.1. The van der Waals surface area contributed by atoms with Crippen LogP contribution in [0.4, 0.5) is 10.2 Å². The number of hydrogen-bond acceptors (Lipinski definition) is 7. The Morgan fingerprint density at radius 1 is 0.973 bits per heavy atom. The molecule has 2 aromatic carbocycles. The van der Waals surface area contributed by atoms with E-state index in [9.17, 15) is 5.11 Å². The van der Waals surface area contributed by atoms with Gasteiger partial charge in [-0.15, -0.1) is 0 Å². The predicted octanol–water partition coefficient (Wildman–Crippen LogP) is 6.20. The first-order valence-electron chi connectivity index (χ1n) is 13.2. The summed E-state index contributed by atoms with van der Waals surface area (Å²) in [5, 5.41) is 12.6. The number of benzene rings is 2. The van der Waals surface area contributed by atoms with Crippen molar-refractivity contribution in [2.24, 2.45) is 11.8 Å². The van der Waals surface area contributed by atoms with Gasteiger partial charge in [-0.25, -0.2) is 4.39 Å². The summed E-state index contributed by atoms with van der Waals surface area (Å²) < 4.78 is 22.6. The van der Waals surface area contributed by atoms with E-state index in [0.717, 1.165) is 54.0 Å². The van der Waals surface area contributed by atoms with Gasteiger partial charge in [0, 0.05) is 24.8 Å². The third-order valence-corrected chi connectivity index (χ3v) is 9.14. The number of phenols is 1. The number of hydrogen-bond donors (Lipinski definition) is 1. The van der Waals surface area contributed by atoms with Crippen LogP contribution >= 0.6 is 11.8 Å². The molecule has 6 nitrogen and oxygen atoms in total. The number of anilines is 1. The molecule has 8 heteroatoms. The number of phenolic OH excluding ortho intramolecular Hbond substituents is 1. The molecule has 2 saturated heterocycles. The van der Waals surface area contributed by atoms with Crippen LogP contribution in [-0.4, -0.2) is 50.8 Å². The highest BCUT2D eigenvalue weighted by Crippen LogP contribution is 2.41. The number of rotatable bonds is 4. The van der Waals surface area contributed by atoms with E-state index in [0.29, 0.717) is 22.8 Å². The van der Waals surface area contributed by atoms with Crippen molar-refractivity contribution in [3.05, 3.63) is 48.4 Å². The van der Waals surface area contributed by atoms with Crippen molar-refractivity contribution in [2.75, 3.05) is 29.5 Å². The largest absolute Gasteiger partial charge is 0.508 e. The number of ether oxygens (including phenoxy) is 1. The number of piperidine rings is 1. The minimum Gasteiger partial charge on any atom is -0.508 e. The van der Waals surface area contributed by atoms with Gasteiger partial charge in [0.25, 0.3) is 0 Å². The highest BCUT2D eigenvalue weighted by atomic mass is 32.2. The van der Waals surface area contributed by atoms with E-state index in [4.69, 9.17) is 9.72 Å². The van der Waals surface area contributed by atoms with Gasteiger partial charge in [-0.2, -0.15) is 21.7 Å². The minimum absolute atomic E-state index is 0.0449. The Morgan fingerprint density at radius 2 is 1.76 bits per heavy atom. The Kier molecular flexibility index (Phi) is 5.80. The molecular formula is C29H29FN4O2S. The summed E-state index contributed by atoms with van der Waals surface area (Å²) in [5.41, 5.74) is 0.932. The summed E-state index contributed by atoms with van der Waals surface area (Å²) in [6.07, 6.45) is 7.37. The number of halogens is 1. The first kappa shape index (κ1) is 23.0. The minimum atomic E-state index is -0.513. The van der Waals surface area contributed by atoms with E-state index in [1.807, 2.05) is 36.0 Å². The van der Waals surface area contributed by atoms with Crippen molar-refractivity contribution in [1.82, 2.24) is 15.0 Å². The highest BCUT2D eigenvalue weighted by Gasteiger charge is 2.35. The van der Waals surface area contributed by atoms with E-state index in [-0.39, 0.29) is 29.1 Å². The lowest BCUT2D eigenvalue weighted by Gasteiger charge is -2.33. The lowest BCUT2D eigenvalue weighted by atomic mass is 9.98. The molecule has 4 heterocycles. The first-order chi connectivity index (χ1) is 18.1. The zero-order chi connectivity index (χ0) is 24.9. The van der Waals surface area contributed by atoms with Gasteiger partial charge in [-0.3, -0.25) is 4.98 Å². The van der Waals surface area contributed by atoms with Crippen molar-refractivity contribution in [1.29, 1.82) is 0 Å². The Balaban J connectivity index is 1.39. The number of thioether (sulfide) groups is 1. The molecule has 0 radical (unpaired) electrons. The lowest BCUT2D eigenvalue weighted by molar-refractivity contribution is 0.176. The maximum absolute atomic E-state index is 16.4.